The minimum Gasteiger partial charge on any atom is -0.495 e. The van der Waals surface area contributed by atoms with Crippen LogP contribution in [0, 0.1) is 0 Å². The van der Waals surface area contributed by atoms with Crippen LogP contribution in [0.4, 0.5) is 16.8 Å². The SMILES string of the molecule is CCNc1nc(-c2ccc(Cl)c(OC)c2)c(-c2ccnc(Nc3ccc(OCCN4CCCC4)c(Cl)c3)n2)s1. The van der Waals surface area contributed by atoms with Crippen LogP contribution in [0.2, 0.25) is 10.0 Å². The molecule has 2 N–H and O–H groups in total. The van der Waals surface area contributed by atoms with E-state index < -0.39 is 0 Å². The number of rotatable bonds is 11. The number of likely N-dealkylation sites (tertiary alicyclic amines) is 1. The van der Waals surface area contributed by atoms with E-state index in [0.717, 1.165) is 58.8 Å². The Kier molecular flexibility index (Phi) is 9.03. The van der Waals surface area contributed by atoms with E-state index in [2.05, 4.69) is 20.5 Å². The summed E-state index contributed by atoms with van der Waals surface area (Å²) in [5.74, 6) is 1.70. The van der Waals surface area contributed by atoms with Gasteiger partial charge in [0.25, 0.3) is 0 Å². The minimum atomic E-state index is 0.448. The van der Waals surface area contributed by atoms with Crippen molar-refractivity contribution < 1.29 is 9.47 Å². The van der Waals surface area contributed by atoms with Gasteiger partial charge in [-0.3, -0.25) is 4.90 Å². The zero-order chi connectivity index (χ0) is 27.2. The third-order valence-corrected chi connectivity index (χ3v) is 7.96. The third kappa shape index (κ3) is 6.73. The number of hydrogen-bond donors (Lipinski definition) is 2. The van der Waals surface area contributed by atoms with E-state index in [1.54, 1.807) is 13.3 Å². The predicted molar refractivity (Wildman–Crippen MR) is 160 cm³/mol. The van der Waals surface area contributed by atoms with E-state index in [4.69, 9.17) is 42.6 Å². The van der Waals surface area contributed by atoms with E-state index >= 15 is 0 Å². The molecule has 5 rings (SSSR count). The number of halogens is 2. The summed E-state index contributed by atoms with van der Waals surface area (Å²) in [4.78, 5) is 17.3. The zero-order valence-electron chi connectivity index (χ0n) is 21.8. The average molecular weight is 586 g/mol. The van der Waals surface area contributed by atoms with Crippen LogP contribution in [0.5, 0.6) is 11.5 Å². The van der Waals surface area contributed by atoms with Gasteiger partial charge in [0.1, 0.15) is 18.1 Å². The highest BCUT2D eigenvalue weighted by atomic mass is 35.5. The summed E-state index contributed by atoms with van der Waals surface area (Å²) in [5.41, 5.74) is 3.18. The van der Waals surface area contributed by atoms with Crippen LogP contribution in [0.3, 0.4) is 0 Å². The lowest BCUT2D eigenvalue weighted by Gasteiger charge is -2.16. The Morgan fingerprint density at radius 3 is 2.62 bits per heavy atom. The highest BCUT2D eigenvalue weighted by molar-refractivity contribution is 7.19. The molecule has 0 aliphatic carbocycles. The molecule has 1 aliphatic heterocycles. The van der Waals surface area contributed by atoms with Crippen molar-refractivity contribution in [2.24, 2.45) is 0 Å². The average Bonchev–Trinajstić information content (AvgIpc) is 3.61. The van der Waals surface area contributed by atoms with Crippen LogP contribution >= 0.6 is 34.5 Å². The normalized spacial score (nSPS) is 13.4. The van der Waals surface area contributed by atoms with E-state index in [0.29, 0.717) is 34.1 Å². The van der Waals surface area contributed by atoms with E-state index in [1.165, 1.54) is 24.2 Å². The van der Waals surface area contributed by atoms with Gasteiger partial charge in [-0.25, -0.2) is 15.0 Å². The van der Waals surface area contributed by atoms with Crippen LogP contribution in [0.1, 0.15) is 19.8 Å². The lowest BCUT2D eigenvalue weighted by atomic mass is 10.1. The number of ether oxygens (including phenoxy) is 2. The van der Waals surface area contributed by atoms with Crippen molar-refractivity contribution in [2.75, 3.05) is 50.5 Å². The van der Waals surface area contributed by atoms with Crippen molar-refractivity contribution in [3.05, 3.63) is 58.7 Å². The lowest BCUT2D eigenvalue weighted by molar-refractivity contribution is 0.238. The fraction of sp³-hybridized carbons (Fsp3) is 0.321. The first-order valence-electron chi connectivity index (χ1n) is 12.9. The quantitative estimate of drug-likeness (QED) is 0.191. The topological polar surface area (TPSA) is 84.4 Å². The summed E-state index contributed by atoms with van der Waals surface area (Å²) in [6.45, 7) is 6.61. The van der Waals surface area contributed by atoms with Crippen molar-refractivity contribution in [3.63, 3.8) is 0 Å². The largest absolute Gasteiger partial charge is 0.495 e. The number of methoxy groups -OCH3 is 1. The van der Waals surface area contributed by atoms with Gasteiger partial charge < -0.3 is 20.1 Å². The zero-order valence-corrected chi connectivity index (χ0v) is 24.2. The van der Waals surface area contributed by atoms with Gasteiger partial charge >= 0.3 is 0 Å². The molecule has 4 aromatic rings. The fourth-order valence-electron chi connectivity index (χ4n) is 4.38. The Labute approximate surface area is 242 Å². The molecule has 0 amide bonds. The Morgan fingerprint density at radius 2 is 1.85 bits per heavy atom. The first-order valence-corrected chi connectivity index (χ1v) is 14.4. The molecule has 39 heavy (non-hydrogen) atoms. The molecule has 2 aromatic carbocycles. The smallest absolute Gasteiger partial charge is 0.227 e. The van der Waals surface area contributed by atoms with Crippen molar-refractivity contribution in [1.29, 1.82) is 0 Å². The second-order valence-electron chi connectivity index (χ2n) is 9.01. The van der Waals surface area contributed by atoms with Crippen LogP contribution in [-0.4, -0.2) is 59.7 Å². The van der Waals surface area contributed by atoms with Gasteiger partial charge in [0.2, 0.25) is 5.95 Å². The molecule has 0 spiro atoms. The van der Waals surface area contributed by atoms with E-state index in [-0.39, 0.29) is 0 Å². The van der Waals surface area contributed by atoms with Crippen molar-refractivity contribution in [3.8, 4) is 33.3 Å². The molecule has 204 valence electrons. The predicted octanol–water partition coefficient (Wildman–Crippen LogP) is 7.23. The van der Waals surface area contributed by atoms with Crippen LogP contribution in [0.15, 0.2) is 48.7 Å². The molecular formula is C28H30Cl2N6O2S. The van der Waals surface area contributed by atoms with Crippen LogP contribution in [-0.2, 0) is 0 Å². The molecule has 0 atom stereocenters. The second-order valence-corrected chi connectivity index (χ2v) is 10.8. The van der Waals surface area contributed by atoms with Gasteiger partial charge in [-0.1, -0.05) is 40.6 Å². The van der Waals surface area contributed by atoms with Gasteiger partial charge in [0, 0.05) is 30.5 Å². The Hall–Kier alpha value is -3.11. The maximum Gasteiger partial charge on any atom is 0.227 e. The molecule has 1 saturated heterocycles. The third-order valence-electron chi connectivity index (χ3n) is 6.32. The molecule has 1 fully saturated rings. The first kappa shape index (κ1) is 27.5. The van der Waals surface area contributed by atoms with Gasteiger partial charge in [-0.2, -0.15) is 0 Å². The Morgan fingerprint density at radius 1 is 1.00 bits per heavy atom. The number of nitrogens with one attached hydrogen (secondary N) is 2. The monoisotopic (exact) mass is 584 g/mol. The molecule has 0 unspecified atom stereocenters. The minimum absolute atomic E-state index is 0.448. The first-order chi connectivity index (χ1) is 19.0. The molecular weight excluding hydrogens is 555 g/mol. The number of nitrogens with zero attached hydrogens (tertiary/aromatic N) is 4. The van der Waals surface area contributed by atoms with Crippen molar-refractivity contribution in [2.45, 2.75) is 19.8 Å². The van der Waals surface area contributed by atoms with Crippen LogP contribution in [0.25, 0.3) is 21.8 Å². The molecule has 8 nitrogen and oxygen atoms in total. The Balaban J connectivity index is 1.35. The molecule has 0 radical (unpaired) electrons. The number of hydrogen-bond acceptors (Lipinski definition) is 9. The highest BCUT2D eigenvalue weighted by Gasteiger charge is 2.18. The Bertz CT molecular complexity index is 1430. The summed E-state index contributed by atoms with van der Waals surface area (Å²) >= 11 is 14.3. The number of aromatic nitrogens is 3. The molecule has 3 heterocycles. The summed E-state index contributed by atoms with van der Waals surface area (Å²) in [6.07, 6.45) is 4.25. The molecule has 11 heteroatoms. The van der Waals surface area contributed by atoms with E-state index in [1.807, 2.05) is 49.4 Å². The fourth-order valence-corrected chi connectivity index (χ4v) is 5.84. The molecule has 2 aromatic heterocycles. The maximum absolute atomic E-state index is 6.52. The summed E-state index contributed by atoms with van der Waals surface area (Å²) in [5, 5.41) is 8.45. The highest BCUT2D eigenvalue weighted by Crippen LogP contribution is 2.40. The van der Waals surface area contributed by atoms with Crippen LogP contribution < -0.4 is 20.1 Å². The molecule has 1 aliphatic rings. The van der Waals surface area contributed by atoms with E-state index in [9.17, 15) is 0 Å². The molecule has 0 bridgehead atoms. The number of anilines is 3. The van der Waals surface area contributed by atoms with Gasteiger partial charge in [0.05, 0.1) is 33.4 Å². The van der Waals surface area contributed by atoms with Crippen molar-refractivity contribution >= 4 is 51.3 Å². The van der Waals surface area contributed by atoms with Gasteiger partial charge in [-0.05, 0) is 69.3 Å². The van der Waals surface area contributed by atoms with Crippen molar-refractivity contribution in [1.82, 2.24) is 19.9 Å². The summed E-state index contributed by atoms with van der Waals surface area (Å²) in [6, 6.07) is 13.1. The summed E-state index contributed by atoms with van der Waals surface area (Å²) < 4.78 is 11.3. The van der Waals surface area contributed by atoms with Gasteiger partial charge in [0.15, 0.2) is 5.13 Å². The number of benzene rings is 2. The standard InChI is InChI=1S/C28H30Cl2N6O2S/c1-3-31-28-35-25(18-6-8-20(29)24(16-18)37-2)26(39-28)22-10-11-32-27(34-22)33-19-7-9-23(21(30)17-19)38-15-14-36-12-4-5-13-36/h6-11,16-17H,3-5,12-15H2,1-2H3,(H,31,35)(H,32,33,34). The number of thiazole rings is 1. The second kappa shape index (κ2) is 12.8. The lowest BCUT2D eigenvalue weighted by Crippen LogP contribution is -2.25. The summed E-state index contributed by atoms with van der Waals surface area (Å²) in [7, 11) is 1.60. The van der Waals surface area contributed by atoms with Gasteiger partial charge in [-0.15, -0.1) is 0 Å². The molecule has 0 saturated carbocycles. The maximum atomic E-state index is 6.52.